The van der Waals surface area contributed by atoms with E-state index in [4.69, 9.17) is 9.26 Å². The molecule has 1 aliphatic carbocycles. The Morgan fingerprint density at radius 1 is 1.05 bits per heavy atom. The molecule has 2 unspecified atom stereocenters. The first-order valence-electron chi connectivity index (χ1n) is 14.6. The number of nitrogens with zero attached hydrogens (tertiary/aromatic N) is 1. The van der Waals surface area contributed by atoms with Crippen LogP contribution in [0, 0.1) is 17.8 Å². The zero-order valence-electron chi connectivity index (χ0n) is 24.7. The van der Waals surface area contributed by atoms with Crippen molar-refractivity contribution in [3.63, 3.8) is 0 Å². The number of unbranched alkanes of at least 4 members (excludes halogenated alkanes) is 1. The average Bonchev–Trinajstić information content (AvgIpc) is 3.38. The van der Waals surface area contributed by atoms with Gasteiger partial charge in [-0.3, -0.25) is 18.7 Å². The molecule has 2 fully saturated rings. The first-order valence-corrected chi connectivity index (χ1v) is 16.6. The molecular weight excluding hydrogens is 650 g/mol. The Labute approximate surface area is 298 Å². The number of aliphatic carboxylic acids is 1. The average molecular weight is 696 g/mol. The van der Waals surface area contributed by atoms with Crippen LogP contribution < -0.4 is 74.0 Å². The molecule has 0 radical (unpaired) electrons. The number of hydrogen-bond donors (Lipinski definition) is 0. The number of rotatable bonds is 14. The Morgan fingerprint density at radius 3 is 2.33 bits per heavy atom. The molecule has 10 heteroatoms. The second-order valence-electron chi connectivity index (χ2n) is 11.5. The van der Waals surface area contributed by atoms with Crippen LogP contribution in [0.25, 0.3) is 0 Å². The van der Waals surface area contributed by atoms with Gasteiger partial charge in [0.1, 0.15) is 6.16 Å². The Kier molecular flexibility index (Phi) is 16.1. The summed E-state index contributed by atoms with van der Waals surface area (Å²) in [4.78, 5) is 39.0. The van der Waals surface area contributed by atoms with Crippen molar-refractivity contribution in [2.75, 3.05) is 18.9 Å². The van der Waals surface area contributed by atoms with Crippen LogP contribution in [0.15, 0.2) is 30.3 Å². The van der Waals surface area contributed by atoms with Crippen molar-refractivity contribution in [1.82, 2.24) is 4.90 Å². The summed E-state index contributed by atoms with van der Waals surface area (Å²) in [5.74, 6) is -1.99. The molecule has 1 aromatic rings. The van der Waals surface area contributed by atoms with Gasteiger partial charge in [-0.25, -0.2) is 0 Å². The van der Waals surface area contributed by atoms with Crippen molar-refractivity contribution in [3.8, 4) is 0 Å². The summed E-state index contributed by atoms with van der Waals surface area (Å²) < 4.78 is 25.6. The van der Waals surface area contributed by atoms with Gasteiger partial charge in [-0.1, -0.05) is 83.2 Å². The fourth-order valence-electron chi connectivity index (χ4n) is 5.79. The standard InChI is InChI=1S/C30H46NO7P.Cs/c1-4-28(33)37-30(22(2)3)38-39(36,18-12-11-15-23-13-7-5-8-14-23)21-27(32)31-20-25(19-26(31)29(34)35)24-16-9-6-10-17-24;/h5,7-8,13-14,22,24-26,30H,4,6,9-12,15-21H2,1-3H3,(H,34,35);/q;+1/p-1/t25-,26+,30?,39?;/m1./s1. The molecule has 0 spiro atoms. The third kappa shape index (κ3) is 11.2. The van der Waals surface area contributed by atoms with Crippen molar-refractivity contribution in [3.05, 3.63) is 35.9 Å². The number of benzene rings is 1. The Balaban J connectivity index is 0.00000560. The summed E-state index contributed by atoms with van der Waals surface area (Å²) in [6.45, 7) is 5.62. The molecule has 2 aliphatic rings. The quantitative estimate of drug-likeness (QED) is 0.126. The van der Waals surface area contributed by atoms with E-state index in [1.54, 1.807) is 20.8 Å². The van der Waals surface area contributed by atoms with Gasteiger partial charge in [-0.15, -0.1) is 0 Å². The number of likely N-dealkylation sites (tertiary alicyclic amines) is 1. The topological polar surface area (TPSA) is 113 Å². The molecule has 0 aromatic heterocycles. The summed E-state index contributed by atoms with van der Waals surface area (Å²) in [7, 11) is -3.62. The molecule has 1 heterocycles. The predicted molar refractivity (Wildman–Crippen MR) is 148 cm³/mol. The molecule has 40 heavy (non-hydrogen) atoms. The Bertz CT molecular complexity index is 999. The Morgan fingerprint density at radius 2 is 1.73 bits per heavy atom. The van der Waals surface area contributed by atoms with E-state index < -0.39 is 43.7 Å². The normalized spacial score (nSPS) is 21.9. The van der Waals surface area contributed by atoms with Crippen molar-refractivity contribution in [2.45, 2.75) is 97.3 Å². The van der Waals surface area contributed by atoms with E-state index >= 15 is 0 Å². The number of carboxylic acids is 1. The van der Waals surface area contributed by atoms with E-state index in [2.05, 4.69) is 0 Å². The fraction of sp³-hybridized carbons (Fsp3) is 0.700. The molecule has 3 rings (SSSR count). The minimum atomic E-state index is -3.62. The van der Waals surface area contributed by atoms with Gasteiger partial charge in [0, 0.05) is 25.0 Å². The number of aryl methyl sites for hydroxylation is 1. The summed E-state index contributed by atoms with van der Waals surface area (Å²) in [5.41, 5.74) is 1.17. The van der Waals surface area contributed by atoms with Gasteiger partial charge in [0.2, 0.25) is 19.6 Å². The molecule has 0 bridgehead atoms. The van der Waals surface area contributed by atoms with Crippen molar-refractivity contribution < 1.29 is 102 Å². The van der Waals surface area contributed by atoms with Gasteiger partial charge in [0.15, 0.2) is 0 Å². The third-order valence-corrected chi connectivity index (χ3v) is 10.4. The molecule has 1 saturated heterocycles. The number of esters is 1. The zero-order valence-corrected chi connectivity index (χ0v) is 31.9. The first kappa shape index (κ1) is 36.1. The molecule has 218 valence electrons. The number of carboxylic acid groups (broad SMARTS) is 1. The minimum absolute atomic E-state index is 0. The van der Waals surface area contributed by atoms with E-state index in [1.165, 1.54) is 16.9 Å². The number of ether oxygens (including phenoxy) is 1. The minimum Gasteiger partial charge on any atom is -0.548 e. The van der Waals surface area contributed by atoms with Crippen LogP contribution >= 0.6 is 7.37 Å². The number of carbonyl (C=O) groups is 3. The van der Waals surface area contributed by atoms with E-state index in [0.717, 1.165) is 38.5 Å². The van der Waals surface area contributed by atoms with Gasteiger partial charge in [0.05, 0.1) is 12.0 Å². The molecule has 1 amide bonds. The maximum Gasteiger partial charge on any atom is 1.00 e. The van der Waals surface area contributed by atoms with Crippen LogP contribution in [0.5, 0.6) is 0 Å². The van der Waals surface area contributed by atoms with Crippen LogP contribution in [0.1, 0.15) is 84.1 Å². The van der Waals surface area contributed by atoms with Crippen LogP contribution in [-0.2, 0) is 34.6 Å². The molecule has 4 atom stereocenters. The maximum atomic E-state index is 14.2. The van der Waals surface area contributed by atoms with E-state index in [-0.39, 0.29) is 93.3 Å². The molecule has 1 saturated carbocycles. The van der Waals surface area contributed by atoms with Crippen molar-refractivity contribution in [2.24, 2.45) is 17.8 Å². The van der Waals surface area contributed by atoms with Crippen molar-refractivity contribution >= 4 is 25.2 Å². The fourth-order valence-corrected chi connectivity index (χ4v) is 8.09. The number of hydrogen-bond acceptors (Lipinski definition) is 7. The molecule has 8 nitrogen and oxygen atoms in total. The second kappa shape index (κ2) is 17.9. The second-order valence-corrected chi connectivity index (χ2v) is 14.1. The maximum absolute atomic E-state index is 14.2. The van der Waals surface area contributed by atoms with E-state index in [9.17, 15) is 24.1 Å². The molecular formula is C30H45CsNO7P. The monoisotopic (exact) mass is 695 g/mol. The van der Waals surface area contributed by atoms with Crippen LogP contribution in [0.3, 0.4) is 0 Å². The number of amides is 1. The smallest absolute Gasteiger partial charge is 0.548 e. The molecule has 1 aliphatic heterocycles. The molecule has 1 aromatic carbocycles. The Hall–Kier alpha value is -0.128. The van der Waals surface area contributed by atoms with E-state index in [1.807, 2.05) is 30.3 Å². The zero-order chi connectivity index (χ0) is 28.4. The van der Waals surface area contributed by atoms with Crippen molar-refractivity contribution in [1.29, 1.82) is 0 Å². The SMILES string of the molecule is CCC(=O)OC(OP(=O)(CCCCc1ccccc1)CC(=O)N1C[C@H](C2CCCCC2)C[C@H]1C(=O)[O-])C(C)C.[Cs+]. The predicted octanol–water partition coefficient (Wildman–Crippen LogP) is 1.79. The van der Waals surface area contributed by atoms with Gasteiger partial charge in [0.25, 0.3) is 0 Å². The summed E-state index contributed by atoms with van der Waals surface area (Å²) in [6.07, 6.45) is 6.88. The van der Waals surface area contributed by atoms with Crippen LogP contribution in [0.4, 0.5) is 0 Å². The number of carbonyl (C=O) groups excluding carboxylic acids is 3. The largest absolute Gasteiger partial charge is 1.00 e. The van der Waals surface area contributed by atoms with Gasteiger partial charge >= 0.3 is 74.9 Å². The summed E-state index contributed by atoms with van der Waals surface area (Å²) >= 11 is 0. The third-order valence-electron chi connectivity index (χ3n) is 8.05. The van der Waals surface area contributed by atoms with Gasteiger partial charge in [-0.2, -0.15) is 0 Å². The summed E-state index contributed by atoms with van der Waals surface area (Å²) in [5, 5.41) is 12.0. The van der Waals surface area contributed by atoms with Crippen LogP contribution in [0.2, 0.25) is 0 Å². The van der Waals surface area contributed by atoms with Crippen LogP contribution in [-0.4, -0.2) is 53.9 Å². The molecule has 0 N–H and O–H groups in total. The van der Waals surface area contributed by atoms with E-state index in [0.29, 0.717) is 25.3 Å². The van der Waals surface area contributed by atoms with Gasteiger partial charge in [-0.05, 0) is 43.1 Å². The van der Waals surface area contributed by atoms with Gasteiger partial charge < -0.3 is 19.5 Å². The summed E-state index contributed by atoms with van der Waals surface area (Å²) in [6, 6.07) is 8.96. The first-order chi connectivity index (χ1) is 18.6.